The van der Waals surface area contributed by atoms with Gasteiger partial charge >= 0.3 is 0 Å². The highest BCUT2D eigenvalue weighted by molar-refractivity contribution is 6.32. The highest BCUT2D eigenvalue weighted by Gasteiger charge is 2.18. The van der Waals surface area contributed by atoms with Gasteiger partial charge in [-0.2, -0.15) is 0 Å². The van der Waals surface area contributed by atoms with Crippen molar-refractivity contribution in [3.05, 3.63) is 76.8 Å². The summed E-state index contributed by atoms with van der Waals surface area (Å²) < 4.78 is 0. The third-order valence-corrected chi connectivity index (χ3v) is 4.27. The summed E-state index contributed by atoms with van der Waals surface area (Å²) in [5, 5.41) is 12.9. The Morgan fingerprint density at radius 3 is 2.48 bits per heavy atom. The summed E-state index contributed by atoms with van der Waals surface area (Å²) in [6.07, 6.45) is 3.19. The van der Waals surface area contributed by atoms with Crippen molar-refractivity contribution in [2.45, 2.75) is 25.5 Å². The van der Waals surface area contributed by atoms with E-state index < -0.39 is 6.10 Å². The molecule has 0 aliphatic heterocycles. The first-order valence-corrected chi connectivity index (χ1v) is 8.47. The molecule has 2 aromatic carbocycles. The van der Waals surface area contributed by atoms with Crippen molar-refractivity contribution >= 4 is 23.5 Å². The molecule has 0 spiro atoms. The van der Waals surface area contributed by atoms with Crippen molar-refractivity contribution in [2.24, 2.45) is 0 Å². The number of aliphatic hydroxyl groups is 1. The second-order valence-electron chi connectivity index (χ2n) is 5.81. The monoisotopic (exact) mass is 379 g/mol. The molecule has 3 nitrogen and oxygen atoms in total. The zero-order valence-corrected chi connectivity index (χ0v) is 15.6. The van der Waals surface area contributed by atoms with Gasteiger partial charge in [-0.05, 0) is 36.3 Å². The molecule has 0 saturated carbocycles. The molecule has 0 bridgehead atoms. The van der Waals surface area contributed by atoms with Crippen LogP contribution in [0.2, 0.25) is 5.02 Å². The number of aliphatic hydroxyl groups excluding tert-OH is 1. The average molecular weight is 380 g/mol. The minimum atomic E-state index is -0.542. The number of carbonyl (C=O) groups is 1. The van der Waals surface area contributed by atoms with Gasteiger partial charge in [0.1, 0.15) is 12.1 Å². The van der Waals surface area contributed by atoms with Crippen LogP contribution in [-0.2, 0) is 4.79 Å². The van der Waals surface area contributed by atoms with Gasteiger partial charge in [-0.25, -0.2) is 0 Å². The number of hydrogen-bond donors (Lipinski definition) is 2. The highest BCUT2D eigenvalue weighted by Crippen LogP contribution is 2.16. The van der Waals surface area contributed by atoms with Gasteiger partial charge in [0.2, 0.25) is 0 Å². The first-order valence-electron chi connectivity index (χ1n) is 8.09. The Hall–Kier alpha value is -1.65. The minimum absolute atomic E-state index is 0. The van der Waals surface area contributed by atoms with E-state index in [9.17, 15) is 9.90 Å². The number of quaternary nitrogens is 1. The second-order valence-corrected chi connectivity index (χ2v) is 6.22. The molecule has 0 amide bonds. The molecule has 25 heavy (non-hydrogen) atoms. The Bertz CT molecular complexity index is 689. The van der Waals surface area contributed by atoms with Crippen LogP contribution < -0.4 is 17.7 Å². The Kier molecular flexibility index (Phi) is 9.46. The molecule has 0 aromatic heterocycles. The number of rotatable bonds is 8. The van der Waals surface area contributed by atoms with Crippen LogP contribution in [0.1, 0.15) is 30.6 Å². The number of hydrogen-bond acceptors (Lipinski definition) is 2. The second kappa shape index (κ2) is 11.1. The molecule has 0 fully saturated rings. The lowest BCUT2D eigenvalue weighted by molar-refractivity contribution is -0.693. The number of nitrogens with two attached hydrogens (primary N) is 1. The molecule has 134 valence electrons. The van der Waals surface area contributed by atoms with Gasteiger partial charge in [0.05, 0.1) is 13.0 Å². The van der Waals surface area contributed by atoms with Gasteiger partial charge in [0, 0.05) is 5.02 Å². The van der Waals surface area contributed by atoms with Crippen LogP contribution >= 0.6 is 11.6 Å². The molecule has 0 aliphatic rings. The van der Waals surface area contributed by atoms with Gasteiger partial charge in [-0.3, -0.25) is 4.79 Å². The summed E-state index contributed by atoms with van der Waals surface area (Å²) in [5.41, 5.74) is 1.73. The van der Waals surface area contributed by atoms with Crippen LogP contribution in [0.4, 0.5) is 0 Å². The number of carbonyl (C=O) groups excluding carboxylic acids is 1. The van der Waals surface area contributed by atoms with Crippen molar-refractivity contribution < 1.29 is 27.6 Å². The van der Waals surface area contributed by atoms with Crippen LogP contribution in [0, 0.1) is 0 Å². The van der Waals surface area contributed by atoms with E-state index in [2.05, 4.69) is 0 Å². The van der Waals surface area contributed by atoms with E-state index >= 15 is 0 Å². The lowest BCUT2D eigenvalue weighted by Crippen LogP contribution is -3.00. The first-order chi connectivity index (χ1) is 11.6. The van der Waals surface area contributed by atoms with Gasteiger partial charge in [-0.1, -0.05) is 60.1 Å². The Morgan fingerprint density at radius 2 is 1.80 bits per heavy atom. The summed E-state index contributed by atoms with van der Waals surface area (Å²) in [6.45, 7) is 2.60. The predicted molar refractivity (Wildman–Crippen MR) is 97.8 cm³/mol. The summed E-state index contributed by atoms with van der Waals surface area (Å²) in [6, 6.07) is 17.0. The fourth-order valence-corrected chi connectivity index (χ4v) is 2.65. The normalized spacial score (nSPS) is 13.2. The quantitative estimate of drug-likeness (QED) is 0.634. The third-order valence-electron chi connectivity index (χ3n) is 3.92. The zero-order valence-electron chi connectivity index (χ0n) is 14.1. The zero-order chi connectivity index (χ0) is 17.4. The third kappa shape index (κ3) is 7.00. The van der Waals surface area contributed by atoms with Gasteiger partial charge in [0.25, 0.3) is 0 Å². The maximum Gasteiger partial charge on any atom is 0.161 e. The summed E-state index contributed by atoms with van der Waals surface area (Å²) in [7, 11) is 0. The maximum atomic E-state index is 11.9. The first kappa shape index (κ1) is 21.4. The predicted octanol–water partition coefficient (Wildman–Crippen LogP) is 0.00190. The molecule has 5 heteroatoms. The highest BCUT2D eigenvalue weighted by atomic mass is 35.5. The molecule has 0 aliphatic carbocycles. The molecule has 2 aromatic rings. The smallest absolute Gasteiger partial charge is 0.161 e. The number of ketones is 1. The van der Waals surface area contributed by atoms with Crippen molar-refractivity contribution in [3.63, 3.8) is 0 Å². The standard InChI is InChI=1S/C20H22ClNO2.ClH/c1-15(20(24)17-8-3-2-4-9-17)22-14-13-18(23)12-11-16-7-5-6-10-19(16)21;/h2-12,15,20,22,24H,13-14H2,1H3;1H/b12-11+;. The van der Waals surface area contributed by atoms with Gasteiger partial charge < -0.3 is 22.8 Å². The van der Waals surface area contributed by atoms with Crippen molar-refractivity contribution in [1.82, 2.24) is 0 Å². The van der Waals surface area contributed by atoms with E-state index in [0.717, 1.165) is 11.1 Å². The van der Waals surface area contributed by atoms with E-state index in [0.29, 0.717) is 18.0 Å². The summed E-state index contributed by atoms with van der Waals surface area (Å²) in [5.74, 6) is 0.0487. The lowest BCUT2D eigenvalue weighted by atomic mass is 10.0. The van der Waals surface area contributed by atoms with Crippen LogP contribution in [0.15, 0.2) is 60.7 Å². The van der Waals surface area contributed by atoms with Crippen LogP contribution in [0.3, 0.4) is 0 Å². The number of allylic oxidation sites excluding steroid dienone is 1. The van der Waals surface area contributed by atoms with Crippen molar-refractivity contribution in [1.29, 1.82) is 0 Å². The molecule has 2 atom stereocenters. The molecule has 0 radical (unpaired) electrons. The Labute approximate surface area is 160 Å². The van der Waals surface area contributed by atoms with E-state index in [1.165, 1.54) is 0 Å². The number of benzene rings is 2. The van der Waals surface area contributed by atoms with Crippen LogP contribution in [0.25, 0.3) is 6.08 Å². The largest absolute Gasteiger partial charge is 1.00 e. The van der Waals surface area contributed by atoms with E-state index in [-0.39, 0.29) is 24.2 Å². The van der Waals surface area contributed by atoms with E-state index in [4.69, 9.17) is 11.6 Å². The van der Waals surface area contributed by atoms with E-state index in [1.54, 1.807) is 18.2 Å². The van der Waals surface area contributed by atoms with Crippen molar-refractivity contribution in [2.75, 3.05) is 6.54 Å². The SMILES string of the molecule is CC([NH2+]CCC(=O)/C=C/c1ccccc1Cl)C(O)c1ccccc1.[Cl-]. The Balaban J connectivity index is 0.00000312. The van der Waals surface area contributed by atoms with Gasteiger partial charge in [-0.15, -0.1) is 0 Å². The average Bonchev–Trinajstić information content (AvgIpc) is 2.61. The summed E-state index contributed by atoms with van der Waals surface area (Å²) in [4.78, 5) is 11.9. The van der Waals surface area contributed by atoms with E-state index in [1.807, 2.05) is 60.8 Å². The molecule has 3 N–H and O–H groups in total. The molecular weight excluding hydrogens is 357 g/mol. The fourth-order valence-electron chi connectivity index (χ4n) is 2.45. The van der Waals surface area contributed by atoms with Crippen molar-refractivity contribution in [3.8, 4) is 0 Å². The Morgan fingerprint density at radius 1 is 1.16 bits per heavy atom. The molecular formula is C20H23Cl2NO2. The summed E-state index contributed by atoms with van der Waals surface area (Å²) >= 11 is 6.05. The topological polar surface area (TPSA) is 53.9 Å². The fraction of sp³-hybridized carbons (Fsp3) is 0.250. The minimum Gasteiger partial charge on any atom is -1.00 e. The van der Waals surface area contributed by atoms with Gasteiger partial charge in [0.15, 0.2) is 5.78 Å². The molecule has 0 heterocycles. The number of halogens is 2. The maximum absolute atomic E-state index is 11.9. The van der Waals surface area contributed by atoms with Crippen LogP contribution in [-0.4, -0.2) is 23.5 Å². The lowest BCUT2D eigenvalue weighted by Gasteiger charge is -2.17. The van der Waals surface area contributed by atoms with Crippen LogP contribution in [0.5, 0.6) is 0 Å². The molecule has 0 saturated heterocycles. The molecule has 2 rings (SSSR count). The molecule has 2 unspecified atom stereocenters.